The summed E-state index contributed by atoms with van der Waals surface area (Å²) >= 11 is 12.1. The lowest BCUT2D eigenvalue weighted by atomic mass is 9.77. The zero-order valence-corrected chi connectivity index (χ0v) is 17.2. The van der Waals surface area contributed by atoms with Gasteiger partial charge in [0.2, 0.25) is 0 Å². The second-order valence-corrected chi connectivity index (χ2v) is 8.48. The Bertz CT molecular complexity index is 805. The Morgan fingerprint density at radius 1 is 0.923 bits per heavy atom. The number of aryl methyl sites for hydroxylation is 1. The molecule has 1 heterocycles. The van der Waals surface area contributed by atoms with Crippen LogP contribution in [0, 0.1) is 6.92 Å². The standard InChI is InChI=1S/C20H23BCl2O3/c1-13-6-9-18(24-12-14-7-8-16(22)17(23)11-14)15(10-13)21-25-19(2,3)20(4,5)26-21/h6-11H,12H2,1-5H3. The highest BCUT2D eigenvalue weighted by Crippen LogP contribution is 2.37. The quantitative estimate of drug-likeness (QED) is 0.671. The molecule has 0 saturated carbocycles. The summed E-state index contributed by atoms with van der Waals surface area (Å²) in [5.41, 5.74) is 2.16. The Balaban J connectivity index is 1.84. The maximum Gasteiger partial charge on any atom is 0.498 e. The summed E-state index contributed by atoms with van der Waals surface area (Å²) in [6.45, 7) is 10.6. The average molecular weight is 393 g/mol. The van der Waals surface area contributed by atoms with Crippen molar-refractivity contribution in [3.63, 3.8) is 0 Å². The van der Waals surface area contributed by atoms with Crippen LogP contribution < -0.4 is 10.2 Å². The van der Waals surface area contributed by atoms with Gasteiger partial charge in [0.1, 0.15) is 12.4 Å². The molecule has 0 N–H and O–H groups in total. The summed E-state index contributed by atoms with van der Waals surface area (Å²) in [5, 5.41) is 1.05. The Labute approximate surface area is 165 Å². The van der Waals surface area contributed by atoms with Crippen molar-refractivity contribution >= 4 is 35.8 Å². The van der Waals surface area contributed by atoms with Gasteiger partial charge in [0.25, 0.3) is 0 Å². The zero-order chi connectivity index (χ0) is 19.1. The third-order valence-electron chi connectivity index (χ3n) is 5.05. The van der Waals surface area contributed by atoms with Crippen molar-refractivity contribution in [2.75, 3.05) is 0 Å². The predicted octanol–water partition coefficient (Wildman–Crippen LogP) is 5.18. The average Bonchev–Trinajstić information content (AvgIpc) is 2.77. The van der Waals surface area contributed by atoms with Gasteiger partial charge in [-0.25, -0.2) is 0 Å². The SMILES string of the molecule is Cc1ccc(OCc2ccc(Cl)c(Cl)c2)c(B2OC(C)(C)C(C)(C)O2)c1. The molecule has 0 aromatic heterocycles. The first-order valence-corrected chi connectivity index (χ1v) is 9.37. The molecule has 6 heteroatoms. The summed E-state index contributed by atoms with van der Waals surface area (Å²) < 4.78 is 18.4. The summed E-state index contributed by atoms with van der Waals surface area (Å²) in [6, 6.07) is 11.5. The molecule has 3 nitrogen and oxygen atoms in total. The zero-order valence-electron chi connectivity index (χ0n) is 15.7. The first kappa shape index (κ1) is 19.6. The van der Waals surface area contributed by atoms with Crippen molar-refractivity contribution in [3.05, 3.63) is 57.6 Å². The molecule has 1 fully saturated rings. The van der Waals surface area contributed by atoms with Crippen LogP contribution in [0.4, 0.5) is 0 Å². The van der Waals surface area contributed by atoms with Gasteiger partial charge in [-0.15, -0.1) is 0 Å². The van der Waals surface area contributed by atoms with Crippen LogP contribution in [0.2, 0.25) is 10.0 Å². The van der Waals surface area contributed by atoms with E-state index >= 15 is 0 Å². The van der Waals surface area contributed by atoms with Crippen molar-refractivity contribution in [3.8, 4) is 5.75 Å². The van der Waals surface area contributed by atoms with Gasteiger partial charge in [-0.1, -0.05) is 47.0 Å². The topological polar surface area (TPSA) is 27.7 Å². The molecule has 0 aliphatic carbocycles. The van der Waals surface area contributed by atoms with Crippen molar-refractivity contribution < 1.29 is 14.0 Å². The second-order valence-electron chi connectivity index (χ2n) is 7.67. The van der Waals surface area contributed by atoms with E-state index in [0.29, 0.717) is 16.7 Å². The van der Waals surface area contributed by atoms with Crippen LogP contribution in [0.15, 0.2) is 36.4 Å². The van der Waals surface area contributed by atoms with E-state index in [-0.39, 0.29) is 0 Å². The molecule has 2 aromatic carbocycles. The lowest BCUT2D eigenvalue weighted by Crippen LogP contribution is -2.41. The summed E-state index contributed by atoms with van der Waals surface area (Å²) in [4.78, 5) is 0. The smallest absolute Gasteiger partial charge is 0.489 e. The Hall–Kier alpha value is -1.20. The predicted molar refractivity (Wildman–Crippen MR) is 108 cm³/mol. The van der Waals surface area contributed by atoms with Crippen LogP contribution in [0.5, 0.6) is 5.75 Å². The van der Waals surface area contributed by atoms with E-state index in [1.54, 1.807) is 6.07 Å². The fraction of sp³-hybridized carbons (Fsp3) is 0.400. The largest absolute Gasteiger partial charge is 0.498 e. The van der Waals surface area contributed by atoms with Crippen LogP contribution in [-0.2, 0) is 15.9 Å². The molecule has 1 saturated heterocycles. The van der Waals surface area contributed by atoms with Crippen LogP contribution in [0.25, 0.3) is 0 Å². The first-order chi connectivity index (χ1) is 12.1. The minimum Gasteiger partial charge on any atom is -0.489 e. The highest BCUT2D eigenvalue weighted by Gasteiger charge is 2.52. The molecule has 2 aromatic rings. The number of benzene rings is 2. The molecule has 1 aliphatic rings. The number of rotatable bonds is 4. The Morgan fingerprint density at radius 2 is 1.58 bits per heavy atom. The van der Waals surface area contributed by atoms with E-state index in [1.165, 1.54) is 0 Å². The lowest BCUT2D eigenvalue weighted by Gasteiger charge is -2.32. The van der Waals surface area contributed by atoms with E-state index in [9.17, 15) is 0 Å². The first-order valence-electron chi connectivity index (χ1n) is 8.62. The third-order valence-corrected chi connectivity index (χ3v) is 5.79. The number of halogens is 2. The van der Waals surface area contributed by atoms with Crippen LogP contribution in [0.1, 0.15) is 38.8 Å². The van der Waals surface area contributed by atoms with E-state index in [1.807, 2.05) is 65.0 Å². The molecule has 0 spiro atoms. The second kappa shape index (κ2) is 7.08. The van der Waals surface area contributed by atoms with E-state index in [0.717, 1.165) is 22.3 Å². The van der Waals surface area contributed by atoms with Gasteiger partial charge < -0.3 is 14.0 Å². The molecule has 0 bridgehead atoms. The van der Waals surface area contributed by atoms with Gasteiger partial charge >= 0.3 is 7.12 Å². The van der Waals surface area contributed by atoms with Crippen molar-refractivity contribution in [1.82, 2.24) is 0 Å². The van der Waals surface area contributed by atoms with E-state index in [2.05, 4.69) is 0 Å². The van der Waals surface area contributed by atoms with Gasteiger partial charge in [-0.2, -0.15) is 0 Å². The Kier molecular flexibility index (Phi) is 5.33. The fourth-order valence-electron chi connectivity index (χ4n) is 2.74. The van der Waals surface area contributed by atoms with Crippen molar-refractivity contribution in [1.29, 1.82) is 0 Å². The highest BCUT2D eigenvalue weighted by molar-refractivity contribution is 6.63. The summed E-state index contributed by atoms with van der Waals surface area (Å²) in [5.74, 6) is 0.736. The van der Waals surface area contributed by atoms with Crippen LogP contribution >= 0.6 is 23.2 Å². The summed E-state index contributed by atoms with van der Waals surface area (Å²) in [6.07, 6.45) is 0. The lowest BCUT2D eigenvalue weighted by molar-refractivity contribution is 0.00578. The molecule has 1 aliphatic heterocycles. The molecule has 26 heavy (non-hydrogen) atoms. The number of hydrogen-bond donors (Lipinski definition) is 0. The molecule has 138 valence electrons. The minimum atomic E-state index is -0.469. The monoisotopic (exact) mass is 392 g/mol. The summed E-state index contributed by atoms with van der Waals surface area (Å²) in [7, 11) is -0.469. The molecule has 0 amide bonds. The van der Waals surface area contributed by atoms with Gasteiger partial charge in [0.05, 0.1) is 21.2 Å². The fourth-order valence-corrected chi connectivity index (χ4v) is 3.06. The third kappa shape index (κ3) is 3.89. The highest BCUT2D eigenvalue weighted by atomic mass is 35.5. The van der Waals surface area contributed by atoms with Gasteiger partial charge in [-0.3, -0.25) is 0 Å². The number of hydrogen-bond acceptors (Lipinski definition) is 3. The minimum absolute atomic E-state index is 0.381. The maximum absolute atomic E-state index is 6.19. The molecule has 0 unspecified atom stereocenters. The Morgan fingerprint density at radius 3 is 2.19 bits per heavy atom. The molecule has 0 atom stereocenters. The molecule has 0 radical (unpaired) electrons. The van der Waals surface area contributed by atoms with E-state index in [4.69, 9.17) is 37.2 Å². The van der Waals surface area contributed by atoms with Gasteiger partial charge in [0, 0.05) is 5.46 Å². The van der Waals surface area contributed by atoms with Gasteiger partial charge in [-0.05, 0) is 58.4 Å². The van der Waals surface area contributed by atoms with Crippen LogP contribution in [-0.4, -0.2) is 18.3 Å². The molecular weight excluding hydrogens is 370 g/mol. The van der Waals surface area contributed by atoms with Crippen molar-refractivity contribution in [2.45, 2.75) is 52.4 Å². The maximum atomic E-state index is 6.19. The number of ether oxygens (including phenoxy) is 1. The van der Waals surface area contributed by atoms with Crippen molar-refractivity contribution in [2.24, 2.45) is 0 Å². The van der Waals surface area contributed by atoms with Crippen LogP contribution in [0.3, 0.4) is 0 Å². The van der Waals surface area contributed by atoms with E-state index < -0.39 is 18.3 Å². The van der Waals surface area contributed by atoms with Gasteiger partial charge in [0.15, 0.2) is 0 Å². The molecule has 3 rings (SSSR count). The molecular formula is C20H23BCl2O3. The normalized spacial score (nSPS) is 18.2.